The van der Waals surface area contributed by atoms with E-state index in [2.05, 4.69) is 29.2 Å². The average molecular weight is 369 g/mol. The van der Waals surface area contributed by atoms with Crippen LogP contribution in [0.4, 0.5) is 0 Å². The molecule has 0 aromatic heterocycles. The molecule has 0 saturated carbocycles. The summed E-state index contributed by atoms with van der Waals surface area (Å²) in [5.74, 6) is 0. The summed E-state index contributed by atoms with van der Waals surface area (Å²) < 4.78 is 1.38. The minimum Gasteiger partial charge on any atom is 0 e. The van der Waals surface area contributed by atoms with Crippen molar-refractivity contribution in [2.45, 2.75) is 101 Å². The molecule has 0 aliphatic rings. The summed E-state index contributed by atoms with van der Waals surface area (Å²) in [5, 5.41) is 0. The molecule has 0 atom stereocenters. The SMILES string of the molecule is CCCCCCCCCCCCCCCC[Te].[O]. The van der Waals surface area contributed by atoms with E-state index in [1.165, 1.54) is 94.4 Å². The number of unbranched alkanes of at least 4 members (excludes halogenated alkanes) is 13. The van der Waals surface area contributed by atoms with Gasteiger partial charge in [0.05, 0.1) is 0 Å². The molecule has 0 aliphatic heterocycles. The minimum atomic E-state index is 0. The molecule has 2 heteroatoms. The molecule has 0 N–H and O–H groups in total. The van der Waals surface area contributed by atoms with Gasteiger partial charge in [-0.15, -0.1) is 0 Å². The van der Waals surface area contributed by atoms with Crippen LogP contribution in [0, 0.1) is 0 Å². The quantitative estimate of drug-likeness (QED) is 0.268. The van der Waals surface area contributed by atoms with Crippen molar-refractivity contribution in [3.63, 3.8) is 0 Å². The van der Waals surface area contributed by atoms with Crippen LogP contribution < -0.4 is 0 Å². The van der Waals surface area contributed by atoms with Crippen LogP contribution in [0.25, 0.3) is 0 Å². The van der Waals surface area contributed by atoms with E-state index >= 15 is 0 Å². The molecule has 0 amide bonds. The third-order valence-corrected chi connectivity index (χ3v) is 4.32. The number of hydrogen-bond donors (Lipinski definition) is 0. The Balaban J connectivity index is 0. The van der Waals surface area contributed by atoms with Crippen molar-refractivity contribution in [2.75, 3.05) is 0 Å². The Hall–Kier alpha value is 0.750. The molecule has 0 saturated heterocycles. The van der Waals surface area contributed by atoms with Crippen molar-refractivity contribution in [3.05, 3.63) is 0 Å². The van der Waals surface area contributed by atoms with Crippen molar-refractivity contribution in [1.82, 2.24) is 0 Å². The van der Waals surface area contributed by atoms with Crippen molar-refractivity contribution < 1.29 is 5.48 Å². The van der Waals surface area contributed by atoms with Crippen LogP contribution in [-0.4, -0.2) is 22.3 Å². The van der Waals surface area contributed by atoms with Gasteiger partial charge < -0.3 is 0 Å². The van der Waals surface area contributed by atoms with Gasteiger partial charge >= 0.3 is 97.4 Å². The second kappa shape index (κ2) is 20.1. The van der Waals surface area contributed by atoms with Crippen LogP contribution in [0.5, 0.6) is 0 Å². The molecule has 0 spiro atoms. The fraction of sp³-hybridized carbons (Fsp3) is 1.00. The van der Waals surface area contributed by atoms with Gasteiger partial charge in [-0.05, 0) is 0 Å². The van der Waals surface area contributed by atoms with Crippen LogP contribution in [0.15, 0.2) is 0 Å². The second-order valence-electron chi connectivity index (χ2n) is 5.30. The van der Waals surface area contributed by atoms with Crippen LogP contribution in [0.3, 0.4) is 0 Å². The first-order chi connectivity index (χ1) is 8.41. The zero-order valence-electron chi connectivity index (χ0n) is 12.4. The fourth-order valence-corrected chi connectivity index (χ4v) is 2.88. The molecule has 3 radical (unpaired) electrons. The van der Waals surface area contributed by atoms with E-state index < -0.39 is 0 Å². The molecule has 18 heavy (non-hydrogen) atoms. The van der Waals surface area contributed by atoms with Crippen LogP contribution in [-0.2, 0) is 5.48 Å². The molecule has 0 fully saturated rings. The van der Waals surface area contributed by atoms with Crippen LogP contribution in [0.1, 0.15) is 96.8 Å². The molecule has 0 aromatic carbocycles. The maximum absolute atomic E-state index is 2.29. The molecule has 0 aromatic rings. The van der Waals surface area contributed by atoms with Gasteiger partial charge in [-0.1, -0.05) is 26.2 Å². The van der Waals surface area contributed by atoms with Gasteiger partial charge in [0.15, 0.2) is 0 Å². The van der Waals surface area contributed by atoms with Gasteiger partial charge in [0, 0.05) is 5.48 Å². The first-order valence-corrected chi connectivity index (χ1v) is 9.64. The molecule has 0 unspecified atom stereocenters. The Labute approximate surface area is 129 Å². The Morgan fingerprint density at radius 3 is 1.06 bits per heavy atom. The summed E-state index contributed by atoms with van der Waals surface area (Å²) in [7, 11) is 0. The molecule has 0 aliphatic carbocycles. The summed E-state index contributed by atoms with van der Waals surface area (Å²) in [6.45, 7) is 2.29. The van der Waals surface area contributed by atoms with Crippen molar-refractivity contribution in [1.29, 1.82) is 0 Å². The molecule has 0 bridgehead atoms. The van der Waals surface area contributed by atoms with E-state index in [4.69, 9.17) is 0 Å². The van der Waals surface area contributed by atoms with Gasteiger partial charge in [-0.3, -0.25) is 0 Å². The van der Waals surface area contributed by atoms with E-state index in [-0.39, 0.29) is 5.48 Å². The third-order valence-electron chi connectivity index (χ3n) is 3.50. The second-order valence-corrected chi connectivity index (χ2v) is 6.47. The van der Waals surface area contributed by atoms with Gasteiger partial charge in [0.1, 0.15) is 0 Å². The topological polar surface area (TPSA) is 28.5 Å². The van der Waals surface area contributed by atoms with Gasteiger partial charge in [0.25, 0.3) is 0 Å². The minimum absolute atomic E-state index is 0. The van der Waals surface area contributed by atoms with E-state index in [9.17, 15) is 0 Å². The van der Waals surface area contributed by atoms with E-state index in [1.54, 1.807) is 0 Å². The molecule has 1 nitrogen and oxygen atoms in total. The summed E-state index contributed by atoms with van der Waals surface area (Å²) >= 11 is 2.23. The zero-order valence-corrected chi connectivity index (χ0v) is 14.8. The predicted molar refractivity (Wildman–Crippen MR) is 81.6 cm³/mol. The Morgan fingerprint density at radius 2 is 0.778 bits per heavy atom. The number of rotatable bonds is 14. The maximum atomic E-state index is 2.29. The Bertz CT molecular complexity index is 114. The van der Waals surface area contributed by atoms with Crippen molar-refractivity contribution >= 4 is 22.3 Å². The van der Waals surface area contributed by atoms with Crippen molar-refractivity contribution in [2.24, 2.45) is 0 Å². The van der Waals surface area contributed by atoms with Gasteiger partial charge in [-0.25, -0.2) is 0 Å². The molecular formula is C16H33OTe. The molecule has 0 rings (SSSR count). The predicted octanol–water partition coefficient (Wildman–Crippen LogP) is 5.94. The average Bonchev–Trinajstić information content (AvgIpc) is 2.35. The van der Waals surface area contributed by atoms with Gasteiger partial charge in [0.2, 0.25) is 0 Å². The standard InChI is InChI=1S/C16H33Te.O/c1-2-3-4-5-6-7-8-9-10-11-12-13-14-15-16-17;/h2-16H2,1H3;. The fourth-order valence-electron chi connectivity index (χ4n) is 2.30. The van der Waals surface area contributed by atoms with Crippen LogP contribution in [0.2, 0.25) is 4.47 Å². The molecular weight excluding hydrogens is 336 g/mol. The van der Waals surface area contributed by atoms with E-state index in [0.29, 0.717) is 0 Å². The smallest absolute Gasteiger partial charge is 0 e. The summed E-state index contributed by atoms with van der Waals surface area (Å²) in [5.41, 5.74) is 0. The largest absolute Gasteiger partial charge is 0 e. The van der Waals surface area contributed by atoms with E-state index in [0.717, 1.165) is 0 Å². The monoisotopic (exact) mass is 371 g/mol. The first kappa shape index (κ1) is 21.1. The summed E-state index contributed by atoms with van der Waals surface area (Å²) in [6, 6.07) is 0. The Morgan fingerprint density at radius 1 is 0.500 bits per heavy atom. The first-order valence-electron chi connectivity index (χ1n) is 8.00. The van der Waals surface area contributed by atoms with Crippen molar-refractivity contribution in [3.8, 4) is 0 Å². The number of hydrogen-bond acceptors (Lipinski definition) is 0. The van der Waals surface area contributed by atoms with E-state index in [1.807, 2.05) is 0 Å². The maximum Gasteiger partial charge on any atom is 0 e. The Kier molecular flexibility index (Phi) is 23.5. The molecule has 109 valence electrons. The zero-order chi connectivity index (χ0) is 12.6. The molecule has 0 heterocycles. The normalized spacial score (nSPS) is 10.3. The summed E-state index contributed by atoms with van der Waals surface area (Å²) in [6.07, 6.45) is 20.6. The third kappa shape index (κ3) is 19.1. The van der Waals surface area contributed by atoms with Gasteiger partial charge in [-0.2, -0.15) is 0 Å². The summed E-state index contributed by atoms with van der Waals surface area (Å²) in [4.78, 5) is 0. The van der Waals surface area contributed by atoms with Crippen LogP contribution >= 0.6 is 0 Å².